The molecule has 1 saturated carbocycles. The van der Waals surface area contributed by atoms with Crippen molar-refractivity contribution in [2.24, 2.45) is 11.8 Å². The highest BCUT2D eigenvalue weighted by Gasteiger charge is 2.18. The van der Waals surface area contributed by atoms with Crippen LogP contribution in [0.25, 0.3) is 0 Å². The maximum Gasteiger partial charge on any atom is 0.254 e. The third kappa shape index (κ3) is 6.67. The standard InChI is InChI=1S/C21H32N2O2S/c1-16(2)14-23(3)21(25)18-11-7-8-12-19(18)26-15-20(24)22-13-17-9-5-4-6-10-17/h7-8,11-12,16-17H,4-6,9-10,13-15H2,1-3H3,(H,22,24). The lowest BCUT2D eigenvalue weighted by atomic mass is 9.89. The van der Waals surface area contributed by atoms with E-state index in [0.717, 1.165) is 18.0 Å². The zero-order valence-electron chi connectivity index (χ0n) is 16.3. The lowest BCUT2D eigenvalue weighted by molar-refractivity contribution is -0.118. The van der Waals surface area contributed by atoms with Crippen LogP contribution < -0.4 is 5.32 Å². The van der Waals surface area contributed by atoms with E-state index < -0.39 is 0 Å². The van der Waals surface area contributed by atoms with Crippen LogP contribution in [0.1, 0.15) is 56.3 Å². The molecule has 0 bridgehead atoms. The number of amides is 2. The second kappa shape index (κ2) is 10.6. The summed E-state index contributed by atoms with van der Waals surface area (Å²) in [5.74, 6) is 1.48. The van der Waals surface area contributed by atoms with Crippen molar-refractivity contribution in [3.8, 4) is 0 Å². The third-order valence-corrected chi connectivity index (χ3v) is 5.85. The van der Waals surface area contributed by atoms with Crippen molar-refractivity contribution in [1.29, 1.82) is 0 Å². The van der Waals surface area contributed by atoms with Crippen LogP contribution >= 0.6 is 11.8 Å². The summed E-state index contributed by atoms with van der Waals surface area (Å²) in [5, 5.41) is 3.07. The van der Waals surface area contributed by atoms with Gasteiger partial charge in [0, 0.05) is 25.0 Å². The number of hydrogen-bond acceptors (Lipinski definition) is 3. The first kappa shape index (κ1) is 20.8. The smallest absolute Gasteiger partial charge is 0.254 e. The van der Waals surface area contributed by atoms with E-state index >= 15 is 0 Å². The molecule has 0 aliphatic heterocycles. The molecule has 5 heteroatoms. The van der Waals surface area contributed by atoms with Crippen molar-refractivity contribution in [3.63, 3.8) is 0 Å². The van der Waals surface area contributed by atoms with Gasteiger partial charge in [0.05, 0.1) is 11.3 Å². The largest absolute Gasteiger partial charge is 0.355 e. The van der Waals surface area contributed by atoms with Crippen molar-refractivity contribution in [3.05, 3.63) is 29.8 Å². The summed E-state index contributed by atoms with van der Waals surface area (Å²) in [7, 11) is 1.83. The number of benzene rings is 1. The summed E-state index contributed by atoms with van der Waals surface area (Å²) >= 11 is 1.45. The molecule has 0 saturated heterocycles. The number of carbonyl (C=O) groups is 2. The van der Waals surface area contributed by atoms with Crippen molar-refractivity contribution in [2.45, 2.75) is 50.8 Å². The van der Waals surface area contributed by atoms with Crippen LogP contribution in [-0.2, 0) is 4.79 Å². The number of thioether (sulfide) groups is 1. The summed E-state index contributed by atoms with van der Waals surface area (Å²) in [6.07, 6.45) is 6.36. The van der Waals surface area contributed by atoms with Gasteiger partial charge in [0.25, 0.3) is 5.91 Å². The molecule has 1 aromatic carbocycles. The Bertz CT molecular complexity index is 597. The average molecular weight is 377 g/mol. The summed E-state index contributed by atoms with van der Waals surface area (Å²) in [6, 6.07) is 7.57. The molecule has 0 heterocycles. The van der Waals surface area contributed by atoms with Gasteiger partial charge in [-0.15, -0.1) is 11.8 Å². The van der Waals surface area contributed by atoms with E-state index in [0.29, 0.717) is 23.2 Å². The monoisotopic (exact) mass is 376 g/mol. The zero-order valence-corrected chi connectivity index (χ0v) is 17.1. The van der Waals surface area contributed by atoms with Gasteiger partial charge in [-0.25, -0.2) is 0 Å². The molecule has 0 radical (unpaired) electrons. The highest BCUT2D eigenvalue weighted by molar-refractivity contribution is 8.00. The molecule has 0 atom stereocenters. The molecule has 0 aromatic heterocycles. The maximum atomic E-state index is 12.7. The molecule has 0 unspecified atom stereocenters. The Labute approximate surface area is 162 Å². The van der Waals surface area contributed by atoms with E-state index in [1.807, 2.05) is 31.3 Å². The SMILES string of the molecule is CC(C)CN(C)C(=O)c1ccccc1SCC(=O)NCC1CCCCC1. The highest BCUT2D eigenvalue weighted by Crippen LogP contribution is 2.25. The van der Waals surface area contributed by atoms with Gasteiger partial charge in [0.2, 0.25) is 5.91 Å². The number of rotatable bonds is 8. The fourth-order valence-electron chi connectivity index (χ4n) is 3.45. The van der Waals surface area contributed by atoms with Crippen LogP contribution in [0.3, 0.4) is 0 Å². The van der Waals surface area contributed by atoms with E-state index in [1.54, 1.807) is 4.90 Å². The lowest BCUT2D eigenvalue weighted by Gasteiger charge is -2.22. The molecule has 26 heavy (non-hydrogen) atoms. The Morgan fingerprint density at radius 3 is 2.58 bits per heavy atom. The van der Waals surface area contributed by atoms with Gasteiger partial charge in [0.15, 0.2) is 0 Å². The fraction of sp³-hybridized carbons (Fsp3) is 0.619. The van der Waals surface area contributed by atoms with E-state index in [4.69, 9.17) is 0 Å². The number of nitrogens with one attached hydrogen (secondary N) is 1. The van der Waals surface area contributed by atoms with Gasteiger partial charge in [-0.2, -0.15) is 0 Å². The van der Waals surface area contributed by atoms with Crippen LogP contribution in [0.4, 0.5) is 0 Å². The first-order chi connectivity index (χ1) is 12.5. The quantitative estimate of drug-likeness (QED) is 0.692. The van der Waals surface area contributed by atoms with Crippen molar-refractivity contribution >= 4 is 23.6 Å². The molecule has 1 aliphatic carbocycles. The van der Waals surface area contributed by atoms with Gasteiger partial charge < -0.3 is 10.2 Å². The molecule has 1 fully saturated rings. The molecule has 1 aliphatic rings. The lowest BCUT2D eigenvalue weighted by Crippen LogP contribution is -2.32. The molecule has 144 valence electrons. The Kier molecular flexibility index (Phi) is 8.49. The van der Waals surface area contributed by atoms with Gasteiger partial charge in [-0.1, -0.05) is 45.2 Å². The molecule has 4 nitrogen and oxygen atoms in total. The Morgan fingerprint density at radius 1 is 1.19 bits per heavy atom. The molecule has 0 spiro atoms. The number of carbonyl (C=O) groups excluding carboxylic acids is 2. The zero-order chi connectivity index (χ0) is 18.9. The van der Waals surface area contributed by atoms with E-state index in [2.05, 4.69) is 19.2 Å². The van der Waals surface area contributed by atoms with Crippen molar-refractivity contribution < 1.29 is 9.59 Å². The minimum atomic E-state index is 0.0180. The van der Waals surface area contributed by atoms with E-state index in [1.165, 1.54) is 43.9 Å². The van der Waals surface area contributed by atoms with Crippen LogP contribution in [0.5, 0.6) is 0 Å². The van der Waals surface area contributed by atoms with Gasteiger partial charge >= 0.3 is 0 Å². The van der Waals surface area contributed by atoms with E-state index in [9.17, 15) is 9.59 Å². The second-order valence-corrected chi connectivity index (χ2v) is 8.69. The number of nitrogens with zero attached hydrogens (tertiary/aromatic N) is 1. The summed E-state index contributed by atoms with van der Waals surface area (Å²) in [6.45, 7) is 5.71. The Hall–Kier alpha value is -1.49. The molecular formula is C21H32N2O2S. The minimum Gasteiger partial charge on any atom is -0.355 e. The van der Waals surface area contributed by atoms with Gasteiger partial charge in [-0.3, -0.25) is 9.59 Å². The summed E-state index contributed by atoms with van der Waals surface area (Å²) in [5.41, 5.74) is 0.681. The van der Waals surface area contributed by atoms with Gasteiger partial charge in [-0.05, 0) is 36.8 Å². The minimum absolute atomic E-state index is 0.0180. The predicted octanol–water partition coefficient (Wildman–Crippen LogP) is 4.20. The average Bonchev–Trinajstić information content (AvgIpc) is 2.64. The summed E-state index contributed by atoms with van der Waals surface area (Å²) in [4.78, 5) is 27.5. The van der Waals surface area contributed by atoms with Crippen LogP contribution in [0, 0.1) is 11.8 Å². The molecule has 1 aromatic rings. The number of hydrogen-bond donors (Lipinski definition) is 1. The normalized spacial score (nSPS) is 15.1. The molecule has 2 rings (SSSR count). The first-order valence-electron chi connectivity index (χ1n) is 9.71. The van der Waals surface area contributed by atoms with Crippen LogP contribution in [0.2, 0.25) is 0 Å². The topological polar surface area (TPSA) is 49.4 Å². The third-order valence-electron chi connectivity index (χ3n) is 4.77. The fourth-order valence-corrected chi connectivity index (χ4v) is 4.32. The Balaban J connectivity index is 1.86. The van der Waals surface area contributed by atoms with Crippen LogP contribution in [0.15, 0.2) is 29.2 Å². The van der Waals surface area contributed by atoms with E-state index in [-0.39, 0.29) is 11.8 Å². The van der Waals surface area contributed by atoms with Crippen LogP contribution in [-0.4, -0.2) is 42.6 Å². The van der Waals surface area contributed by atoms with Gasteiger partial charge in [0.1, 0.15) is 0 Å². The molecular weight excluding hydrogens is 344 g/mol. The predicted molar refractivity (Wildman–Crippen MR) is 109 cm³/mol. The highest BCUT2D eigenvalue weighted by atomic mass is 32.2. The Morgan fingerprint density at radius 2 is 1.88 bits per heavy atom. The first-order valence-corrected chi connectivity index (χ1v) is 10.7. The summed E-state index contributed by atoms with van der Waals surface area (Å²) < 4.78 is 0. The van der Waals surface area contributed by atoms with Crippen molar-refractivity contribution in [2.75, 3.05) is 25.9 Å². The molecule has 2 amide bonds. The second-order valence-electron chi connectivity index (χ2n) is 7.67. The molecule has 1 N–H and O–H groups in total. The van der Waals surface area contributed by atoms with Crippen molar-refractivity contribution in [1.82, 2.24) is 10.2 Å². The maximum absolute atomic E-state index is 12.7.